The van der Waals surface area contributed by atoms with Crippen molar-refractivity contribution in [1.82, 2.24) is 3.97 Å². The van der Waals surface area contributed by atoms with E-state index in [1.807, 2.05) is 0 Å². The molecule has 100 valence electrons. The SMILES string of the molecule is O=c1c(Cl)cc(Cl)cn1S(=O)(=O)c1ccc(Cl)cc1. The first kappa shape index (κ1) is 14.4. The fourth-order valence-electron chi connectivity index (χ4n) is 1.39. The van der Waals surface area contributed by atoms with E-state index in [1.54, 1.807) is 0 Å². The van der Waals surface area contributed by atoms with Gasteiger partial charge in [-0.3, -0.25) is 4.79 Å². The van der Waals surface area contributed by atoms with E-state index in [-0.39, 0.29) is 14.9 Å². The van der Waals surface area contributed by atoms with Crippen molar-refractivity contribution in [3.8, 4) is 0 Å². The smallest absolute Gasteiger partial charge is 0.267 e. The van der Waals surface area contributed by atoms with Crippen LogP contribution in [0.2, 0.25) is 15.1 Å². The van der Waals surface area contributed by atoms with Gasteiger partial charge in [-0.05, 0) is 30.3 Å². The fraction of sp³-hybridized carbons (Fsp3) is 0. The van der Waals surface area contributed by atoms with Crippen molar-refractivity contribution in [2.75, 3.05) is 0 Å². The van der Waals surface area contributed by atoms with Gasteiger partial charge in [-0.15, -0.1) is 0 Å². The Bertz CT molecular complexity index is 782. The number of hydrogen-bond acceptors (Lipinski definition) is 3. The van der Waals surface area contributed by atoms with Crippen LogP contribution in [-0.2, 0) is 10.0 Å². The van der Waals surface area contributed by atoms with Gasteiger partial charge >= 0.3 is 0 Å². The Morgan fingerprint density at radius 1 is 0.947 bits per heavy atom. The van der Waals surface area contributed by atoms with Crippen LogP contribution in [0, 0.1) is 0 Å². The van der Waals surface area contributed by atoms with Crippen molar-refractivity contribution in [2.24, 2.45) is 0 Å². The van der Waals surface area contributed by atoms with Crippen LogP contribution in [0.4, 0.5) is 0 Å². The Kier molecular flexibility index (Phi) is 3.92. The highest BCUT2D eigenvalue weighted by Gasteiger charge is 2.20. The predicted molar refractivity (Wildman–Crippen MR) is 74.8 cm³/mol. The largest absolute Gasteiger partial charge is 0.283 e. The van der Waals surface area contributed by atoms with Gasteiger partial charge < -0.3 is 0 Å². The minimum Gasteiger partial charge on any atom is -0.267 e. The highest BCUT2D eigenvalue weighted by Crippen LogP contribution is 2.18. The third-order valence-corrected chi connectivity index (χ3v) is 4.67. The van der Waals surface area contributed by atoms with E-state index in [0.717, 1.165) is 6.20 Å². The van der Waals surface area contributed by atoms with Crippen LogP contribution >= 0.6 is 34.8 Å². The third kappa shape index (κ3) is 2.79. The molecule has 0 saturated carbocycles. The van der Waals surface area contributed by atoms with Crippen molar-refractivity contribution in [2.45, 2.75) is 4.90 Å². The summed E-state index contributed by atoms with van der Waals surface area (Å²) in [5, 5.41) is 0.155. The summed E-state index contributed by atoms with van der Waals surface area (Å²) in [7, 11) is -4.05. The molecular weight excluding hydrogens is 333 g/mol. The maximum absolute atomic E-state index is 12.3. The summed E-state index contributed by atoms with van der Waals surface area (Å²) in [5.41, 5.74) is -0.860. The van der Waals surface area contributed by atoms with E-state index in [0.29, 0.717) is 9.00 Å². The van der Waals surface area contributed by atoms with Crippen molar-refractivity contribution < 1.29 is 8.42 Å². The maximum Gasteiger partial charge on any atom is 0.283 e. The van der Waals surface area contributed by atoms with Crippen molar-refractivity contribution in [3.63, 3.8) is 0 Å². The Balaban J connectivity index is 2.70. The van der Waals surface area contributed by atoms with Gasteiger partial charge in [-0.25, -0.2) is 12.4 Å². The van der Waals surface area contributed by atoms with Gasteiger partial charge in [0.05, 0.1) is 9.92 Å². The molecule has 1 heterocycles. The zero-order valence-electron chi connectivity index (χ0n) is 9.18. The molecule has 2 aromatic rings. The lowest BCUT2D eigenvalue weighted by atomic mass is 10.4. The molecule has 0 radical (unpaired) electrons. The number of hydrogen-bond donors (Lipinski definition) is 0. The molecule has 0 aliphatic heterocycles. The van der Waals surface area contributed by atoms with E-state index in [1.165, 1.54) is 30.3 Å². The highest BCUT2D eigenvalue weighted by atomic mass is 35.5. The molecule has 1 aromatic carbocycles. The summed E-state index contributed by atoms with van der Waals surface area (Å²) < 4.78 is 25.0. The monoisotopic (exact) mass is 337 g/mol. The predicted octanol–water partition coefficient (Wildman–Crippen LogP) is 3.05. The van der Waals surface area contributed by atoms with Crippen molar-refractivity contribution in [3.05, 3.63) is 62.0 Å². The average Bonchev–Trinajstić information content (AvgIpc) is 2.34. The van der Waals surface area contributed by atoms with Crippen LogP contribution < -0.4 is 5.56 Å². The Morgan fingerprint density at radius 2 is 1.53 bits per heavy atom. The lowest BCUT2D eigenvalue weighted by Crippen LogP contribution is -2.27. The fourth-order valence-corrected chi connectivity index (χ4v) is 3.38. The summed E-state index contributed by atoms with van der Waals surface area (Å²) >= 11 is 17.0. The summed E-state index contributed by atoms with van der Waals surface area (Å²) in [6.07, 6.45) is 1.000. The molecule has 0 spiro atoms. The van der Waals surface area contributed by atoms with E-state index in [2.05, 4.69) is 0 Å². The van der Waals surface area contributed by atoms with Crippen LogP contribution in [-0.4, -0.2) is 12.4 Å². The molecule has 8 heteroatoms. The van der Waals surface area contributed by atoms with E-state index < -0.39 is 15.6 Å². The van der Waals surface area contributed by atoms with Gasteiger partial charge in [0.25, 0.3) is 15.6 Å². The molecule has 19 heavy (non-hydrogen) atoms. The summed E-state index contributed by atoms with van der Waals surface area (Å²) in [6, 6.07) is 6.58. The molecule has 0 aliphatic carbocycles. The molecule has 4 nitrogen and oxygen atoms in total. The Labute approximate surface area is 124 Å². The molecule has 0 fully saturated rings. The number of benzene rings is 1. The number of aromatic nitrogens is 1. The molecule has 0 unspecified atom stereocenters. The highest BCUT2D eigenvalue weighted by molar-refractivity contribution is 7.90. The zero-order chi connectivity index (χ0) is 14.2. The van der Waals surface area contributed by atoms with Crippen LogP contribution in [0.1, 0.15) is 0 Å². The summed E-state index contributed by atoms with van der Waals surface area (Å²) in [4.78, 5) is 11.7. The topological polar surface area (TPSA) is 56.1 Å². The third-order valence-electron chi connectivity index (χ3n) is 2.28. The quantitative estimate of drug-likeness (QED) is 0.845. The minimum absolute atomic E-state index is 0.0436. The molecule has 0 bridgehead atoms. The molecular formula is C11H6Cl3NO3S. The number of pyridine rings is 1. The van der Waals surface area contributed by atoms with Crippen LogP contribution in [0.5, 0.6) is 0 Å². The minimum atomic E-state index is -4.05. The zero-order valence-corrected chi connectivity index (χ0v) is 12.3. The second-order valence-electron chi connectivity index (χ2n) is 3.57. The Hall–Kier alpha value is -1.01. The first-order valence-corrected chi connectivity index (χ1v) is 7.48. The van der Waals surface area contributed by atoms with Crippen LogP contribution in [0.25, 0.3) is 0 Å². The lowest BCUT2D eigenvalue weighted by molar-refractivity contribution is 0.585. The van der Waals surface area contributed by atoms with Gasteiger partial charge in [0.2, 0.25) is 0 Å². The summed E-state index contributed by atoms with van der Waals surface area (Å²) in [6.45, 7) is 0. The van der Waals surface area contributed by atoms with Crippen LogP contribution in [0.3, 0.4) is 0 Å². The number of nitrogens with zero attached hydrogens (tertiary/aromatic N) is 1. The first-order valence-electron chi connectivity index (χ1n) is 4.91. The van der Waals surface area contributed by atoms with E-state index in [9.17, 15) is 13.2 Å². The first-order chi connectivity index (χ1) is 8.82. The maximum atomic E-state index is 12.3. The van der Waals surface area contributed by atoms with Crippen molar-refractivity contribution in [1.29, 1.82) is 0 Å². The molecule has 0 atom stereocenters. The van der Waals surface area contributed by atoms with Gasteiger partial charge in [0.15, 0.2) is 0 Å². The van der Waals surface area contributed by atoms with Gasteiger partial charge in [0.1, 0.15) is 5.02 Å². The standard InChI is InChI=1S/C11H6Cl3NO3S/c12-7-1-3-9(4-2-7)19(17,18)15-6-8(13)5-10(14)11(15)16/h1-6H. The average molecular weight is 339 g/mol. The molecule has 1 aromatic heterocycles. The molecule has 0 N–H and O–H groups in total. The Morgan fingerprint density at radius 3 is 2.11 bits per heavy atom. The second kappa shape index (κ2) is 5.17. The van der Waals surface area contributed by atoms with Crippen LogP contribution in [0.15, 0.2) is 46.2 Å². The summed E-state index contributed by atoms with van der Waals surface area (Å²) in [5.74, 6) is 0. The number of halogens is 3. The normalized spacial score (nSPS) is 11.5. The van der Waals surface area contributed by atoms with E-state index in [4.69, 9.17) is 34.8 Å². The van der Waals surface area contributed by atoms with Gasteiger partial charge in [0, 0.05) is 11.2 Å². The van der Waals surface area contributed by atoms with Gasteiger partial charge in [-0.1, -0.05) is 34.8 Å². The molecule has 0 aliphatic rings. The van der Waals surface area contributed by atoms with Gasteiger partial charge in [-0.2, -0.15) is 0 Å². The number of rotatable bonds is 2. The molecule has 2 rings (SSSR count). The molecule has 0 amide bonds. The second-order valence-corrected chi connectivity index (χ2v) is 6.66. The van der Waals surface area contributed by atoms with Crippen molar-refractivity contribution >= 4 is 44.8 Å². The lowest BCUT2D eigenvalue weighted by Gasteiger charge is -2.08. The van der Waals surface area contributed by atoms with E-state index >= 15 is 0 Å². The molecule has 0 saturated heterocycles.